The Labute approximate surface area is 239 Å². The number of hydrogen-bond donors (Lipinski definition) is 1. The third kappa shape index (κ3) is 5.42. The summed E-state index contributed by atoms with van der Waals surface area (Å²) >= 11 is 6.20. The van der Waals surface area contributed by atoms with Gasteiger partial charge in [0.1, 0.15) is 5.82 Å². The average Bonchev–Trinajstić information content (AvgIpc) is 2.92. The normalized spacial score (nSPS) is 19.4. The molecule has 2 aliphatic rings. The summed E-state index contributed by atoms with van der Waals surface area (Å²) in [6.45, 7) is 6.61. The van der Waals surface area contributed by atoms with Crippen LogP contribution in [0, 0.1) is 11.7 Å². The highest BCUT2D eigenvalue weighted by atomic mass is 35.5. The summed E-state index contributed by atoms with van der Waals surface area (Å²) in [5, 5.41) is 11.9. The van der Waals surface area contributed by atoms with E-state index in [1.165, 1.54) is 6.07 Å². The van der Waals surface area contributed by atoms with Gasteiger partial charge in [0.25, 0.3) is 0 Å². The molecule has 212 valence electrons. The molecular formula is C32H35ClFNO5. The maximum atomic E-state index is 15.8. The molecule has 0 aromatic heterocycles. The van der Waals surface area contributed by atoms with E-state index >= 15 is 4.39 Å². The fourth-order valence-corrected chi connectivity index (χ4v) is 6.00. The predicted octanol–water partition coefficient (Wildman–Crippen LogP) is 6.59. The first-order valence-electron chi connectivity index (χ1n) is 13.6. The number of ether oxygens (including phenoxy) is 3. The van der Waals surface area contributed by atoms with Crippen molar-refractivity contribution in [3.63, 3.8) is 0 Å². The van der Waals surface area contributed by atoms with Crippen LogP contribution in [-0.2, 0) is 21.6 Å². The highest BCUT2D eigenvalue weighted by molar-refractivity contribution is 6.30. The van der Waals surface area contributed by atoms with Gasteiger partial charge in [-0.05, 0) is 92.6 Å². The molecule has 1 fully saturated rings. The van der Waals surface area contributed by atoms with Crippen LogP contribution in [0.1, 0.15) is 61.9 Å². The molecule has 0 spiro atoms. The van der Waals surface area contributed by atoms with E-state index in [-0.39, 0.29) is 29.9 Å². The van der Waals surface area contributed by atoms with Crippen LogP contribution in [0.2, 0.25) is 5.02 Å². The van der Waals surface area contributed by atoms with Crippen molar-refractivity contribution in [3.8, 4) is 11.5 Å². The maximum absolute atomic E-state index is 15.8. The lowest BCUT2D eigenvalue weighted by molar-refractivity contribution is -0.118. The van der Waals surface area contributed by atoms with Crippen molar-refractivity contribution >= 4 is 23.2 Å². The number of carbonyl (C=O) groups is 1. The van der Waals surface area contributed by atoms with Crippen LogP contribution in [0.15, 0.2) is 54.6 Å². The molecule has 0 radical (unpaired) electrons. The smallest absolute Gasteiger partial charge is 0.232 e. The number of amides is 1. The maximum Gasteiger partial charge on any atom is 0.232 e. The lowest BCUT2D eigenvalue weighted by Crippen LogP contribution is -2.41. The highest BCUT2D eigenvalue weighted by Crippen LogP contribution is 2.45. The molecule has 5 rings (SSSR count). The van der Waals surface area contributed by atoms with Crippen LogP contribution in [0.3, 0.4) is 0 Å². The molecule has 3 aromatic carbocycles. The Hall–Kier alpha value is -3.13. The summed E-state index contributed by atoms with van der Waals surface area (Å²) in [5.74, 6) is 0.255. The molecule has 2 unspecified atom stereocenters. The van der Waals surface area contributed by atoms with Gasteiger partial charge in [0.15, 0.2) is 11.5 Å². The molecular weight excluding hydrogens is 533 g/mol. The zero-order chi connectivity index (χ0) is 28.6. The van der Waals surface area contributed by atoms with Gasteiger partial charge in [-0.3, -0.25) is 4.79 Å². The number of nitrogens with zero attached hydrogens (tertiary/aromatic N) is 1. The SMILES string of the molecule is COc1cc2c(cc1OC(C)C)C(c1ccc(Cl)cc1)N(c1ccc(C(C)(O)C3CCOCC3)c(F)c1)C(=O)C2. The number of fused-ring (bicyclic) bond motifs is 1. The van der Waals surface area contributed by atoms with E-state index in [4.69, 9.17) is 25.8 Å². The minimum Gasteiger partial charge on any atom is -0.493 e. The van der Waals surface area contributed by atoms with Gasteiger partial charge in [-0.15, -0.1) is 0 Å². The van der Waals surface area contributed by atoms with Gasteiger partial charge < -0.3 is 24.2 Å². The van der Waals surface area contributed by atoms with Crippen LogP contribution >= 0.6 is 11.6 Å². The Balaban J connectivity index is 1.61. The van der Waals surface area contributed by atoms with Crippen LogP contribution in [-0.4, -0.2) is 37.4 Å². The fraction of sp³-hybridized carbons (Fsp3) is 0.406. The molecule has 2 heterocycles. The van der Waals surface area contributed by atoms with Crippen LogP contribution in [0.5, 0.6) is 11.5 Å². The Bertz CT molecular complexity index is 1380. The van der Waals surface area contributed by atoms with Crippen molar-refractivity contribution < 1.29 is 28.5 Å². The third-order valence-corrected chi connectivity index (χ3v) is 8.18. The van der Waals surface area contributed by atoms with E-state index in [1.54, 1.807) is 43.2 Å². The molecule has 2 atom stereocenters. The molecule has 0 bridgehead atoms. The average molecular weight is 568 g/mol. The predicted molar refractivity (Wildman–Crippen MR) is 153 cm³/mol. The molecule has 1 amide bonds. The Morgan fingerprint density at radius 2 is 1.77 bits per heavy atom. The fourth-order valence-electron chi connectivity index (χ4n) is 5.87. The Morgan fingerprint density at radius 1 is 1.07 bits per heavy atom. The molecule has 6 nitrogen and oxygen atoms in total. The Morgan fingerprint density at radius 3 is 2.40 bits per heavy atom. The van der Waals surface area contributed by atoms with E-state index in [9.17, 15) is 9.90 Å². The number of anilines is 1. The molecule has 8 heteroatoms. The molecule has 0 saturated carbocycles. The molecule has 3 aromatic rings. The van der Waals surface area contributed by atoms with Crippen LogP contribution in [0.25, 0.3) is 0 Å². The monoisotopic (exact) mass is 567 g/mol. The van der Waals surface area contributed by atoms with Crippen molar-refractivity contribution in [3.05, 3.63) is 87.7 Å². The van der Waals surface area contributed by atoms with Gasteiger partial charge in [0.2, 0.25) is 5.91 Å². The lowest BCUT2D eigenvalue weighted by Gasteiger charge is -2.39. The van der Waals surface area contributed by atoms with Crippen molar-refractivity contribution in [1.82, 2.24) is 0 Å². The topological polar surface area (TPSA) is 68.2 Å². The quantitative estimate of drug-likeness (QED) is 0.349. The minimum absolute atomic E-state index is 0.0904. The lowest BCUT2D eigenvalue weighted by atomic mass is 9.78. The zero-order valence-electron chi connectivity index (χ0n) is 23.2. The van der Waals surface area contributed by atoms with Crippen molar-refractivity contribution in [2.75, 3.05) is 25.2 Å². The second kappa shape index (κ2) is 11.4. The summed E-state index contributed by atoms with van der Waals surface area (Å²) < 4.78 is 32.9. The van der Waals surface area contributed by atoms with Crippen molar-refractivity contribution in [1.29, 1.82) is 0 Å². The number of halogens is 2. The second-order valence-electron chi connectivity index (χ2n) is 11.0. The van der Waals surface area contributed by atoms with Gasteiger partial charge in [-0.2, -0.15) is 0 Å². The first-order valence-corrected chi connectivity index (χ1v) is 14.0. The van der Waals surface area contributed by atoms with Gasteiger partial charge in [0.05, 0.1) is 31.3 Å². The molecule has 2 aliphatic heterocycles. The molecule has 40 heavy (non-hydrogen) atoms. The first-order chi connectivity index (χ1) is 19.1. The number of benzene rings is 3. The van der Waals surface area contributed by atoms with Gasteiger partial charge in [-0.25, -0.2) is 4.39 Å². The summed E-state index contributed by atoms with van der Waals surface area (Å²) in [5.41, 5.74) is 1.75. The largest absolute Gasteiger partial charge is 0.493 e. The van der Waals surface area contributed by atoms with Crippen LogP contribution in [0.4, 0.5) is 10.1 Å². The number of carbonyl (C=O) groups excluding carboxylic acids is 1. The van der Waals surface area contributed by atoms with E-state index in [0.29, 0.717) is 48.3 Å². The van der Waals surface area contributed by atoms with Gasteiger partial charge in [0, 0.05) is 29.5 Å². The summed E-state index contributed by atoms with van der Waals surface area (Å²) in [6, 6.07) is 15.2. The Kier molecular flexibility index (Phi) is 8.09. The number of aliphatic hydroxyl groups is 1. The molecule has 1 saturated heterocycles. The standard InChI is InChI=1S/C32H35ClFNO5/c1-19(2)40-29-18-25-21(15-28(29)38-4)16-30(36)35(31(25)20-5-7-23(33)8-6-20)24-9-10-26(27(34)17-24)32(3,37)22-11-13-39-14-12-22/h5-10,15,17-19,22,31,37H,11-14,16H2,1-4H3. The minimum atomic E-state index is -1.36. The van der Waals surface area contributed by atoms with Gasteiger partial charge in [-0.1, -0.05) is 29.8 Å². The van der Waals surface area contributed by atoms with E-state index in [1.807, 2.05) is 38.1 Å². The van der Waals surface area contributed by atoms with Crippen molar-refractivity contribution in [2.24, 2.45) is 5.92 Å². The summed E-state index contributed by atoms with van der Waals surface area (Å²) in [7, 11) is 1.57. The van der Waals surface area contributed by atoms with E-state index < -0.39 is 17.5 Å². The number of hydrogen-bond acceptors (Lipinski definition) is 5. The summed E-state index contributed by atoms with van der Waals surface area (Å²) in [4.78, 5) is 15.4. The third-order valence-electron chi connectivity index (χ3n) is 7.93. The summed E-state index contributed by atoms with van der Waals surface area (Å²) in [6.07, 6.45) is 1.32. The molecule has 0 aliphatic carbocycles. The highest BCUT2D eigenvalue weighted by Gasteiger charge is 2.39. The first kappa shape index (κ1) is 28.4. The molecule has 1 N–H and O–H groups in total. The van der Waals surface area contributed by atoms with Gasteiger partial charge >= 0.3 is 0 Å². The zero-order valence-corrected chi connectivity index (χ0v) is 24.0. The van der Waals surface area contributed by atoms with E-state index in [0.717, 1.165) is 16.7 Å². The second-order valence-corrected chi connectivity index (χ2v) is 11.4. The number of methoxy groups -OCH3 is 1. The van der Waals surface area contributed by atoms with Crippen LogP contribution < -0.4 is 14.4 Å². The van der Waals surface area contributed by atoms with E-state index in [2.05, 4.69) is 0 Å². The van der Waals surface area contributed by atoms with Crippen molar-refractivity contribution in [2.45, 2.75) is 57.8 Å². The number of rotatable bonds is 7.